The van der Waals surface area contributed by atoms with Crippen LogP contribution in [0.15, 0.2) is 223 Å². The van der Waals surface area contributed by atoms with Crippen LogP contribution >= 0.6 is 0 Å². The zero-order chi connectivity index (χ0) is 54.1. The van der Waals surface area contributed by atoms with Crippen LogP contribution in [0.25, 0.3) is 90.4 Å². The molecule has 3 heterocycles. The highest BCUT2D eigenvalue weighted by molar-refractivity contribution is 5.86. The summed E-state index contributed by atoms with van der Waals surface area (Å²) in [5.41, 5.74) is 18.1. The normalized spacial score (nSPS) is 11.6. The third-order valence-electron chi connectivity index (χ3n) is 14.8. The van der Waals surface area contributed by atoms with Crippen LogP contribution in [0.2, 0.25) is 0 Å². The Balaban J connectivity index is 1.01. The highest BCUT2D eigenvalue weighted by Gasteiger charge is 2.22. The van der Waals surface area contributed by atoms with Crippen molar-refractivity contribution in [3.05, 3.63) is 241 Å². The Bertz CT molecular complexity index is 4030. The van der Waals surface area contributed by atoms with Gasteiger partial charge in [0, 0.05) is 51.4 Å². The minimum atomic E-state index is 0.359. The Morgan fingerprint density at radius 2 is 0.835 bits per heavy atom. The molecule has 79 heavy (non-hydrogen) atoms. The van der Waals surface area contributed by atoms with Crippen LogP contribution < -0.4 is 4.90 Å². The van der Waals surface area contributed by atoms with E-state index in [0.717, 1.165) is 95.5 Å². The number of hydrogen-bond acceptors (Lipinski definition) is 7. The summed E-state index contributed by atoms with van der Waals surface area (Å²) in [5, 5.41) is 0. The summed E-state index contributed by atoms with van der Waals surface area (Å²) in [7, 11) is 0. The highest BCUT2D eigenvalue weighted by atomic mass is 15.1. The fourth-order valence-corrected chi connectivity index (χ4v) is 10.6. The van der Waals surface area contributed by atoms with Crippen LogP contribution in [-0.2, 0) is 6.54 Å². The molecular weight excluding hydrogens is 967 g/mol. The summed E-state index contributed by atoms with van der Waals surface area (Å²) < 4.78 is 4.53. The van der Waals surface area contributed by atoms with Crippen LogP contribution in [-0.4, -0.2) is 40.8 Å². The Hall–Kier alpha value is -9.60. The SMILES string of the molecule is C=Nc1ccccc1N(Cc1cccc(-c2nc(-c3cccc(-c4nc5ccccc5n4-c4cccc(C(C)C)c4)c3)nc(-c3cccc(-c4nc5ccccc5n4-c4cccc(C(C)C)c4)c3)n2)c1)c1cccc(C(C)C)c1. The first kappa shape index (κ1) is 50.2. The average molecular weight is 1030 g/mol. The van der Waals surface area contributed by atoms with E-state index >= 15 is 0 Å². The van der Waals surface area contributed by atoms with Gasteiger partial charge < -0.3 is 4.90 Å². The van der Waals surface area contributed by atoms with Crippen molar-refractivity contribution in [2.45, 2.75) is 65.8 Å². The first-order valence-corrected chi connectivity index (χ1v) is 27.2. The predicted molar refractivity (Wildman–Crippen MR) is 326 cm³/mol. The van der Waals surface area contributed by atoms with Gasteiger partial charge in [-0.15, -0.1) is 0 Å². The van der Waals surface area contributed by atoms with Crippen molar-refractivity contribution in [2.24, 2.45) is 4.99 Å². The number of para-hydroxylation sites is 6. The van der Waals surface area contributed by atoms with Crippen molar-refractivity contribution in [2.75, 3.05) is 4.90 Å². The molecule has 0 unspecified atom stereocenters. The van der Waals surface area contributed by atoms with Crippen molar-refractivity contribution >= 4 is 45.8 Å². The van der Waals surface area contributed by atoms with Gasteiger partial charge in [-0.1, -0.05) is 169 Å². The summed E-state index contributed by atoms with van der Waals surface area (Å²) in [6.45, 7) is 17.9. The smallest absolute Gasteiger partial charge is 0.164 e. The van der Waals surface area contributed by atoms with E-state index < -0.39 is 0 Å². The summed E-state index contributed by atoms with van der Waals surface area (Å²) >= 11 is 0. The molecule has 386 valence electrons. The molecule has 0 fully saturated rings. The van der Waals surface area contributed by atoms with Gasteiger partial charge in [-0.25, -0.2) is 24.9 Å². The van der Waals surface area contributed by atoms with E-state index in [1.807, 2.05) is 24.3 Å². The van der Waals surface area contributed by atoms with Gasteiger partial charge in [0.2, 0.25) is 0 Å². The predicted octanol–water partition coefficient (Wildman–Crippen LogP) is 17.9. The molecule has 9 nitrogen and oxygen atoms in total. The number of benzene rings is 9. The number of aromatic nitrogens is 7. The van der Waals surface area contributed by atoms with E-state index in [2.05, 4.69) is 261 Å². The molecule has 0 radical (unpaired) electrons. The number of fused-ring (bicyclic) bond motifs is 2. The lowest BCUT2D eigenvalue weighted by Crippen LogP contribution is -2.17. The van der Waals surface area contributed by atoms with Crippen molar-refractivity contribution < 1.29 is 0 Å². The molecule has 0 aliphatic rings. The summed E-state index contributed by atoms with van der Waals surface area (Å²) in [5.74, 6) is 4.38. The van der Waals surface area contributed by atoms with Crippen LogP contribution in [0.1, 0.15) is 81.5 Å². The molecule has 0 bridgehead atoms. The molecule has 3 aromatic heterocycles. The lowest BCUT2D eigenvalue weighted by atomic mass is 10.0. The van der Waals surface area contributed by atoms with E-state index in [-0.39, 0.29) is 0 Å². The monoisotopic (exact) mass is 1030 g/mol. The van der Waals surface area contributed by atoms with Gasteiger partial charge in [0.05, 0.1) is 33.4 Å². The molecule has 9 aromatic carbocycles. The van der Waals surface area contributed by atoms with Gasteiger partial charge in [0.15, 0.2) is 17.5 Å². The second-order valence-electron chi connectivity index (χ2n) is 21.2. The van der Waals surface area contributed by atoms with E-state index in [1.54, 1.807) is 0 Å². The Morgan fingerprint density at radius 1 is 0.405 bits per heavy atom. The number of rotatable bonds is 15. The van der Waals surface area contributed by atoms with Crippen molar-refractivity contribution in [1.29, 1.82) is 0 Å². The maximum atomic E-state index is 5.37. The third-order valence-corrected chi connectivity index (χ3v) is 14.8. The molecule has 0 aliphatic heterocycles. The lowest BCUT2D eigenvalue weighted by molar-refractivity contribution is 0.863. The Kier molecular flexibility index (Phi) is 13.6. The quantitative estimate of drug-likeness (QED) is 0.0951. The maximum Gasteiger partial charge on any atom is 0.164 e. The highest BCUT2D eigenvalue weighted by Crippen LogP contribution is 2.39. The first-order valence-electron chi connectivity index (χ1n) is 27.2. The molecule has 0 saturated carbocycles. The maximum absolute atomic E-state index is 5.37. The van der Waals surface area contributed by atoms with Crippen LogP contribution in [0, 0.1) is 0 Å². The van der Waals surface area contributed by atoms with E-state index in [1.165, 1.54) is 16.7 Å². The standard InChI is InChI=1S/C70H61N9/c1-45(2)49-21-17-29-57(41-49)77(63-35-11-8-32-60(63)71-7)44-48-20-14-24-52(38-48)66-74-67(53-25-15-27-55(39-53)69-72-61-33-9-12-36-64(61)78(69)58-30-18-22-50(42-58)46(3)4)76-68(75-66)54-26-16-28-56(40-54)70-73-62-34-10-13-37-65(62)79(70)59-31-19-23-51(43-59)47(5)6/h8-43,45-47H,7,44H2,1-6H3. The Labute approximate surface area is 462 Å². The summed E-state index contributed by atoms with van der Waals surface area (Å²) in [6, 6.07) is 76.5. The molecule has 9 heteroatoms. The Morgan fingerprint density at radius 3 is 1.35 bits per heavy atom. The minimum absolute atomic E-state index is 0.359. The fourth-order valence-electron chi connectivity index (χ4n) is 10.6. The summed E-state index contributed by atoms with van der Waals surface area (Å²) in [6.07, 6.45) is 0. The van der Waals surface area contributed by atoms with Gasteiger partial charge in [-0.2, -0.15) is 0 Å². The van der Waals surface area contributed by atoms with E-state index in [0.29, 0.717) is 41.8 Å². The molecule has 0 atom stereocenters. The molecule has 0 aliphatic carbocycles. The fraction of sp³-hybridized carbons (Fsp3) is 0.143. The second kappa shape index (κ2) is 21.4. The topological polar surface area (TPSA) is 89.9 Å². The molecule has 0 spiro atoms. The van der Waals surface area contributed by atoms with Gasteiger partial charge in [-0.3, -0.25) is 14.1 Å². The molecule has 0 saturated heterocycles. The number of aliphatic imine (C=N–C) groups is 1. The van der Waals surface area contributed by atoms with Gasteiger partial charge in [0.1, 0.15) is 11.6 Å². The van der Waals surface area contributed by atoms with Gasteiger partial charge >= 0.3 is 0 Å². The van der Waals surface area contributed by atoms with Crippen molar-refractivity contribution in [1.82, 2.24) is 34.1 Å². The van der Waals surface area contributed by atoms with Crippen molar-refractivity contribution in [3.63, 3.8) is 0 Å². The zero-order valence-electron chi connectivity index (χ0n) is 45.5. The van der Waals surface area contributed by atoms with Crippen LogP contribution in [0.3, 0.4) is 0 Å². The number of hydrogen-bond donors (Lipinski definition) is 0. The molecule has 0 N–H and O–H groups in total. The number of nitrogens with zero attached hydrogens (tertiary/aromatic N) is 9. The number of imidazole rings is 2. The molecule has 12 rings (SSSR count). The van der Waals surface area contributed by atoms with Gasteiger partial charge in [-0.05, 0) is 138 Å². The lowest BCUT2D eigenvalue weighted by Gasteiger charge is -2.27. The molecular formula is C70H61N9. The first-order chi connectivity index (χ1) is 38.6. The summed E-state index contributed by atoms with van der Waals surface area (Å²) in [4.78, 5) is 33.4. The van der Waals surface area contributed by atoms with Gasteiger partial charge in [0.25, 0.3) is 0 Å². The average Bonchev–Trinajstić information content (AvgIpc) is 4.21. The molecule has 0 amide bonds. The van der Waals surface area contributed by atoms with Crippen LogP contribution in [0.4, 0.5) is 17.1 Å². The second-order valence-corrected chi connectivity index (χ2v) is 21.2. The zero-order valence-corrected chi connectivity index (χ0v) is 45.5. The third kappa shape index (κ3) is 10.0. The minimum Gasteiger partial charge on any atom is -0.335 e. The number of anilines is 2. The van der Waals surface area contributed by atoms with Crippen molar-refractivity contribution in [3.8, 4) is 68.3 Å². The van der Waals surface area contributed by atoms with Crippen LogP contribution in [0.5, 0.6) is 0 Å². The van der Waals surface area contributed by atoms with E-state index in [9.17, 15) is 0 Å². The molecule has 12 aromatic rings. The largest absolute Gasteiger partial charge is 0.335 e. The van der Waals surface area contributed by atoms with E-state index in [4.69, 9.17) is 24.9 Å².